The number of hydrogen-bond acceptors (Lipinski definition) is 5. The van der Waals surface area contributed by atoms with Crippen molar-refractivity contribution in [1.29, 1.82) is 0 Å². The molecule has 3 aromatic carbocycles. The van der Waals surface area contributed by atoms with Crippen LogP contribution < -0.4 is 14.2 Å². The molecule has 0 N–H and O–H groups in total. The molecule has 2 atom stereocenters. The van der Waals surface area contributed by atoms with E-state index in [1.165, 1.54) is 27.8 Å². The van der Waals surface area contributed by atoms with Crippen molar-refractivity contribution in [3.05, 3.63) is 76.3 Å². The first-order valence-corrected chi connectivity index (χ1v) is 11.0. The third-order valence-corrected chi connectivity index (χ3v) is 7.15. The maximum absolute atomic E-state index is 12.2. The monoisotopic (exact) mass is 427 g/mol. The molecule has 0 bridgehead atoms. The van der Waals surface area contributed by atoms with Gasteiger partial charge in [-0.3, -0.25) is 9.69 Å². The van der Waals surface area contributed by atoms with E-state index in [9.17, 15) is 4.79 Å². The van der Waals surface area contributed by atoms with Gasteiger partial charge in [-0.05, 0) is 60.3 Å². The lowest BCUT2D eigenvalue weighted by atomic mass is 9.79. The van der Waals surface area contributed by atoms with Gasteiger partial charge >= 0.3 is 0 Å². The molecule has 2 heterocycles. The SMILES string of the molecule is COc1c2c(cc3c1[C@@H]([C@H]1c4ccccc4-c4ccc(C(C)=O)cc41)N(C)CC3)OCO2. The zero-order chi connectivity index (χ0) is 22.0. The molecule has 0 aromatic heterocycles. The number of fused-ring (bicyclic) bond motifs is 5. The summed E-state index contributed by atoms with van der Waals surface area (Å²) >= 11 is 0. The van der Waals surface area contributed by atoms with Gasteiger partial charge in [0.25, 0.3) is 0 Å². The van der Waals surface area contributed by atoms with Crippen LogP contribution >= 0.6 is 0 Å². The molecule has 5 heteroatoms. The lowest BCUT2D eigenvalue weighted by molar-refractivity contribution is 0.101. The largest absolute Gasteiger partial charge is 0.492 e. The number of ether oxygens (including phenoxy) is 3. The minimum Gasteiger partial charge on any atom is -0.492 e. The summed E-state index contributed by atoms with van der Waals surface area (Å²) in [5.74, 6) is 2.38. The normalized spacial score (nSPS) is 20.5. The Balaban J connectivity index is 1.62. The van der Waals surface area contributed by atoms with Crippen molar-refractivity contribution >= 4 is 5.78 Å². The van der Waals surface area contributed by atoms with E-state index in [2.05, 4.69) is 54.4 Å². The first kappa shape index (κ1) is 19.4. The van der Waals surface area contributed by atoms with Crippen molar-refractivity contribution in [1.82, 2.24) is 4.90 Å². The van der Waals surface area contributed by atoms with E-state index in [0.29, 0.717) is 5.75 Å². The van der Waals surface area contributed by atoms with Crippen LogP contribution in [0.1, 0.15) is 51.5 Å². The second-order valence-electron chi connectivity index (χ2n) is 8.81. The molecule has 0 unspecified atom stereocenters. The maximum atomic E-state index is 12.2. The molecule has 3 aliphatic rings. The van der Waals surface area contributed by atoms with E-state index in [0.717, 1.165) is 35.6 Å². The number of nitrogens with zero attached hydrogens (tertiary/aromatic N) is 1. The van der Waals surface area contributed by atoms with Gasteiger partial charge < -0.3 is 14.2 Å². The minimum atomic E-state index is 0.0489. The van der Waals surface area contributed by atoms with Gasteiger partial charge in [-0.1, -0.05) is 36.4 Å². The highest BCUT2D eigenvalue weighted by atomic mass is 16.7. The summed E-state index contributed by atoms with van der Waals surface area (Å²) in [7, 11) is 3.88. The number of hydrogen-bond donors (Lipinski definition) is 0. The Morgan fingerprint density at radius 2 is 1.88 bits per heavy atom. The molecular formula is C27H25NO4. The van der Waals surface area contributed by atoms with E-state index in [1.807, 2.05) is 6.07 Å². The fraction of sp³-hybridized carbons (Fsp3) is 0.296. The minimum absolute atomic E-state index is 0.0489. The molecule has 0 saturated heterocycles. The van der Waals surface area contributed by atoms with Crippen LogP contribution in [0.2, 0.25) is 0 Å². The molecule has 2 aliphatic heterocycles. The Bertz CT molecular complexity index is 1260. The predicted molar refractivity (Wildman–Crippen MR) is 122 cm³/mol. The van der Waals surface area contributed by atoms with Crippen LogP contribution in [0, 0.1) is 0 Å². The summed E-state index contributed by atoms with van der Waals surface area (Å²) in [6.45, 7) is 2.78. The first-order chi connectivity index (χ1) is 15.6. The standard InChI is InChI=1S/C27H25NO4/c1-15(29)16-8-9-19-18-6-4-5-7-20(18)24(21(19)12-16)25-23-17(10-11-28(25)2)13-22-26(27(23)30-3)32-14-31-22/h4-9,12-13,24-25H,10-11,14H2,1-3H3/t24-,25-/m0/s1. The lowest BCUT2D eigenvalue weighted by Crippen LogP contribution is -2.36. The topological polar surface area (TPSA) is 48.0 Å². The van der Waals surface area contributed by atoms with E-state index < -0.39 is 0 Å². The number of carbonyl (C=O) groups is 1. The Hall–Kier alpha value is -3.31. The molecule has 32 heavy (non-hydrogen) atoms. The fourth-order valence-corrected chi connectivity index (χ4v) is 5.69. The lowest BCUT2D eigenvalue weighted by Gasteiger charge is -2.40. The Labute approximate surface area is 187 Å². The van der Waals surface area contributed by atoms with Gasteiger partial charge in [-0.25, -0.2) is 0 Å². The predicted octanol–water partition coefficient (Wildman–Crippen LogP) is 4.97. The van der Waals surface area contributed by atoms with Gasteiger partial charge in [0.15, 0.2) is 17.3 Å². The summed E-state index contributed by atoms with van der Waals surface area (Å²) in [6, 6.07) is 16.9. The van der Waals surface area contributed by atoms with E-state index in [1.54, 1.807) is 14.0 Å². The number of rotatable bonds is 3. The van der Waals surface area contributed by atoms with Crippen LogP contribution in [0.5, 0.6) is 17.2 Å². The summed E-state index contributed by atoms with van der Waals surface area (Å²) in [4.78, 5) is 14.6. The van der Waals surface area contributed by atoms with Gasteiger partial charge in [-0.15, -0.1) is 0 Å². The summed E-state index contributed by atoms with van der Waals surface area (Å²) in [5.41, 5.74) is 8.07. The maximum Gasteiger partial charge on any atom is 0.231 e. The second-order valence-corrected chi connectivity index (χ2v) is 8.81. The zero-order valence-electron chi connectivity index (χ0n) is 18.5. The molecule has 0 fully saturated rings. The molecule has 1 aliphatic carbocycles. The molecule has 162 valence electrons. The van der Waals surface area contributed by atoms with Gasteiger partial charge in [0, 0.05) is 29.6 Å². The van der Waals surface area contributed by atoms with Crippen LogP contribution in [0.25, 0.3) is 11.1 Å². The second kappa shape index (κ2) is 7.10. The van der Waals surface area contributed by atoms with E-state index >= 15 is 0 Å². The molecule has 0 amide bonds. The van der Waals surface area contributed by atoms with Crippen molar-refractivity contribution in [3.63, 3.8) is 0 Å². The number of likely N-dealkylation sites (N-methyl/N-ethyl adjacent to an activating group) is 1. The zero-order valence-corrected chi connectivity index (χ0v) is 18.5. The van der Waals surface area contributed by atoms with Crippen LogP contribution in [0.4, 0.5) is 0 Å². The molecule has 0 saturated carbocycles. The highest BCUT2D eigenvalue weighted by Crippen LogP contribution is 2.57. The van der Waals surface area contributed by atoms with E-state index in [-0.39, 0.29) is 24.5 Å². The molecule has 5 nitrogen and oxygen atoms in total. The molecule has 3 aromatic rings. The molecule has 0 spiro atoms. The van der Waals surface area contributed by atoms with Crippen molar-refractivity contribution in [2.24, 2.45) is 0 Å². The molecule has 6 rings (SSSR count). The number of methoxy groups -OCH3 is 1. The Morgan fingerprint density at radius 1 is 1.06 bits per heavy atom. The van der Waals surface area contributed by atoms with Crippen molar-refractivity contribution in [2.75, 3.05) is 27.5 Å². The van der Waals surface area contributed by atoms with Crippen LogP contribution in [-0.2, 0) is 6.42 Å². The number of benzene rings is 3. The summed E-state index contributed by atoms with van der Waals surface area (Å²) in [6.07, 6.45) is 0.921. The summed E-state index contributed by atoms with van der Waals surface area (Å²) < 4.78 is 17.5. The highest BCUT2D eigenvalue weighted by Gasteiger charge is 2.43. The number of Topliss-reactive ketones (excluding diaryl/α,β-unsaturated/α-hetero) is 1. The van der Waals surface area contributed by atoms with Gasteiger partial charge in [0.05, 0.1) is 7.11 Å². The first-order valence-electron chi connectivity index (χ1n) is 11.0. The Kier molecular flexibility index (Phi) is 4.30. The van der Waals surface area contributed by atoms with Crippen molar-refractivity contribution < 1.29 is 19.0 Å². The van der Waals surface area contributed by atoms with Crippen molar-refractivity contribution in [3.8, 4) is 28.4 Å². The molecule has 0 radical (unpaired) electrons. The van der Waals surface area contributed by atoms with E-state index in [4.69, 9.17) is 14.2 Å². The third kappa shape index (κ3) is 2.64. The number of carbonyl (C=O) groups excluding carboxylic acids is 1. The smallest absolute Gasteiger partial charge is 0.231 e. The molecular weight excluding hydrogens is 402 g/mol. The van der Waals surface area contributed by atoms with Crippen LogP contribution in [0.15, 0.2) is 48.5 Å². The van der Waals surface area contributed by atoms with Gasteiger partial charge in [-0.2, -0.15) is 0 Å². The van der Waals surface area contributed by atoms with Crippen LogP contribution in [-0.4, -0.2) is 38.2 Å². The van der Waals surface area contributed by atoms with Crippen LogP contribution in [0.3, 0.4) is 0 Å². The summed E-state index contributed by atoms with van der Waals surface area (Å²) in [5, 5.41) is 0. The number of ketones is 1. The fourth-order valence-electron chi connectivity index (χ4n) is 5.69. The van der Waals surface area contributed by atoms with Gasteiger partial charge in [0.2, 0.25) is 12.5 Å². The Morgan fingerprint density at radius 3 is 2.69 bits per heavy atom. The highest BCUT2D eigenvalue weighted by molar-refractivity contribution is 5.96. The van der Waals surface area contributed by atoms with Gasteiger partial charge in [0.1, 0.15) is 0 Å². The van der Waals surface area contributed by atoms with Crippen molar-refractivity contribution in [2.45, 2.75) is 25.3 Å². The average molecular weight is 428 g/mol. The average Bonchev–Trinajstić information content (AvgIpc) is 3.40. The quantitative estimate of drug-likeness (QED) is 0.553. The third-order valence-electron chi connectivity index (χ3n) is 7.15.